The Labute approximate surface area is 113 Å². The summed E-state index contributed by atoms with van der Waals surface area (Å²) < 4.78 is 1.23. The molecule has 1 aromatic carbocycles. The summed E-state index contributed by atoms with van der Waals surface area (Å²) in [6.45, 7) is 3.48. The van der Waals surface area contributed by atoms with E-state index in [9.17, 15) is 0 Å². The van der Waals surface area contributed by atoms with Gasteiger partial charge in [-0.1, -0.05) is 34.1 Å². The van der Waals surface area contributed by atoms with Crippen molar-refractivity contribution in [2.24, 2.45) is 0 Å². The number of halogens is 1. The monoisotopic (exact) mass is 296 g/mol. The summed E-state index contributed by atoms with van der Waals surface area (Å²) in [5.74, 6) is 0. The number of rotatable bonds is 3. The van der Waals surface area contributed by atoms with Crippen LogP contribution >= 0.6 is 15.9 Å². The zero-order chi connectivity index (χ0) is 12.3. The maximum absolute atomic E-state index is 3.63. The fourth-order valence-corrected chi connectivity index (χ4v) is 2.87. The summed E-state index contributed by atoms with van der Waals surface area (Å²) >= 11 is 3.63. The maximum Gasteiger partial charge on any atom is 0.0245 e. The van der Waals surface area contributed by atoms with Crippen molar-refractivity contribution in [2.75, 3.05) is 27.2 Å². The van der Waals surface area contributed by atoms with Gasteiger partial charge in [-0.3, -0.25) is 4.90 Å². The number of benzene rings is 1. The largest absolute Gasteiger partial charge is 0.305 e. The van der Waals surface area contributed by atoms with E-state index in [2.05, 4.69) is 64.1 Å². The predicted octanol–water partition coefficient (Wildman–Crippen LogP) is 2.98. The van der Waals surface area contributed by atoms with Gasteiger partial charge in [0.25, 0.3) is 0 Å². The van der Waals surface area contributed by atoms with Gasteiger partial charge in [0, 0.05) is 23.6 Å². The first-order valence-electron chi connectivity index (χ1n) is 6.29. The molecular weight excluding hydrogens is 276 g/mol. The van der Waals surface area contributed by atoms with Crippen molar-refractivity contribution in [3.63, 3.8) is 0 Å². The molecule has 1 unspecified atom stereocenters. The first kappa shape index (κ1) is 13.1. The molecule has 0 aromatic heterocycles. The summed E-state index contributed by atoms with van der Waals surface area (Å²) in [5, 5.41) is 0. The lowest BCUT2D eigenvalue weighted by Gasteiger charge is -2.36. The highest BCUT2D eigenvalue weighted by Crippen LogP contribution is 2.21. The van der Waals surface area contributed by atoms with E-state index in [4.69, 9.17) is 0 Å². The highest BCUT2D eigenvalue weighted by Gasteiger charge is 2.21. The van der Waals surface area contributed by atoms with Gasteiger partial charge < -0.3 is 4.90 Å². The van der Waals surface area contributed by atoms with E-state index in [0.717, 1.165) is 6.54 Å². The van der Waals surface area contributed by atoms with E-state index >= 15 is 0 Å². The molecule has 1 aliphatic heterocycles. The Morgan fingerprint density at radius 3 is 2.82 bits per heavy atom. The number of hydrogen-bond acceptors (Lipinski definition) is 2. The third-order valence-electron chi connectivity index (χ3n) is 3.56. The Morgan fingerprint density at radius 2 is 2.12 bits per heavy atom. The van der Waals surface area contributed by atoms with E-state index in [1.807, 2.05) is 0 Å². The minimum absolute atomic E-state index is 0.714. The molecule has 17 heavy (non-hydrogen) atoms. The molecule has 2 rings (SSSR count). The lowest BCUT2D eigenvalue weighted by atomic mass is 10.0. The topological polar surface area (TPSA) is 6.48 Å². The van der Waals surface area contributed by atoms with Crippen molar-refractivity contribution >= 4 is 15.9 Å². The van der Waals surface area contributed by atoms with Crippen molar-refractivity contribution < 1.29 is 0 Å². The molecule has 1 fully saturated rings. The van der Waals surface area contributed by atoms with Crippen LogP contribution in [-0.2, 0) is 6.54 Å². The van der Waals surface area contributed by atoms with Crippen LogP contribution in [0.4, 0.5) is 0 Å². The van der Waals surface area contributed by atoms with Gasteiger partial charge in [-0.25, -0.2) is 0 Å². The SMILES string of the molecule is CN(C)C1CCCN(Cc2ccccc2Br)C1. The Morgan fingerprint density at radius 1 is 1.35 bits per heavy atom. The molecule has 0 radical (unpaired) electrons. The predicted molar refractivity (Wildman–Crippen MR) is 76.1 cm³/mol. The normalized spacial score (nSPS) is 22.0. The molecule has 0 amide bonds. The molecule has 0 saturated carbocycles. The highest BCUT2D eigenvalue weighted by atomic mass is 79.9. The molecule has 1 atom stereocenters. The van der Waals surface area contributed by atoms with Crippen LogP contribution in [0.15, 0.2) is 28.7 Å². The van der Waals surface area contributed by atoms with Gasteiger partial charge in [0.1, 0.15) is 0 Å². The Kier molecular flexibility index (Phi) is 4.60. The molecule has 0 bridgehead atoms. The third-order valence-corrected chi connectivity index (χ3v) is 4.34. The van der Waals surface area contributed by atoms with E-state index < -0.39 is 0 Å². The molecule has 1 aliphatic rings. The van der Waals surface area contributed by atoms with Crippen molar-refractivity contribution in [3.05, 3.63) is 34.3 Å². The van der Waals surface area contributed by atoms with Gasteiger partial charge in [0.15, 0.2) is 0 Å². The summed E-state index contributed by atoms with van der Waals surface area (Å²) in [5.41, 5.74) is 1.40. The average Bonchev–Trinajstić information content (AvgIpc) is 2.32. The first-order valence-corrected chi connectivity index (χ1v) is 7.08. The molecule has 94 valence electrons. The Balaban J connectivity index is 1.97. The fraction of sp³-hybridized carbons (Fsp3) is 0.571. The van der Waals surface area contributed by atoms with Gasteiger partial charge in [-0.2, -0.15) is 0 Å². The van der Waals surface area contributed by atoms with Crippen LogP contribution in [0.25, 0.3) is 0 Å². The summed E-state index contributed by atoms with van der Waals surface area (Å²) in [6.07, 6.45) is 2.65. The summed E-state index contributed by atoms with van der Waals surface area (Å²) in [6, 6.07) is 9.25. The number of hydrogen-bond donors (Lipinski definition) is 0. The molecule has 1 saturated heterocycles. The second-order valence-corrected chi connectivity index (χ2v) is 5.94. The Hall–Kier alpha value is -0.380. The molecule has 1 heterocycles. The zero-order valence-corrected chi connectivity index (χ0v) is 12.3. The van der Waals surface area contributed by atoms with Crippen LogP contribution in [-0.4, -0.2) is 43.0 Å². The molecule has 0 aliphatic carbocycles. The maximum atomic E-state index is 3.63. The van der Waals surface area contributed by atoms with E-state index in [1.54, 1.807) is 0 Å². The van der Waals surface area contributed by atoms with Gasteiger partial charge in [0.05, 0.1) is 0 Å². The fourth-order valence-electron chi connectivity index (χ4n) is 2.46. The van der Waals surface area contributed by atoms with Crippen molar-refractivity contribution in [2.45, 2.75) is 25.4 Å². The van der Waals surface area contributed by atoms with Gasteiger partial charge in [-0.15, -0.1) is 0 Å². The number of piperidine rings is 1. The lowest BCUT2D eigenvalue weighted by Crippen LogP contribution is -2.44. The molecule has 2 nitrogen and oxygen atoms in total. The molecular formula is C14H21BrN2. The average molecular weight is 297 g/mol. The third kappa shape index (κ3) is 3.54. The van der Waals surface area contributed by atoms with Gasteiger partial charge >= 0.3 is 0 Å². The standard InChI is InChI=1S/C14H21BrN2/c1-16(2)13-7-5-9-17(11-13)10-12-6-3-4-8-14(12)15/h3-4,6,8,13H,5,7,9-11H2,1-2H3. The first-order chi connectivity index (χ1) is 8.16. The minimum atomic E-state index is 0.714. The van der Waals surface area contributed by atoms with Gasteiger partial charge in [-0.05, 0) is 45.1 Å². The van der Waals surface area contributed by atoms with Crippen LogP contribution in [0.5, 0.6) is 0 Å². The molecule has 0 N–H and O–H groups in total. The van der Waals surface area contributed by atoms with Gasteiger partial charge in [0.2, 0.25) is 0 Å². The zero-order valence-electron chi connectivity index (χ0n) is 10.7. The lowest BCUT2D eigenvalue weighted by molar-refractivity contribution is 0.128. The number of likely N-dealkylation sites (tertiary alicyclic amines) is 1. The van der Waals surface area contributed by atoms with Crippen molar-refractivity contribution in [3.8, 4) is 0 Å². The highest BCUT2D eigenvalue weighted by molar-refractivity contribution is 9.10. The Bertz CT molecular complexity index is 365. The summed E-state index contributed by atoms with van der Waals surface area (Å²) in [7, 11) is 4.37. The van der Waals surface area contributed by atoms with Crippen molar-refractivity contribution in [1.82, 2.24) is 9.80 Å². The second-order valence-electron chi connectivity index (χ2n) is 5.09. The van der Waals surface area contributed by atoms with E-state index in [0.29, 0.717) is 6.04 Å². The van der Waals surface area contributed by atoms with Crippen LogP contribution in [0, 0.1) is 0 Å². The smallest absolute Gasteiger partial charge is 0.0245 e. The second kappa shape index (κ2) is 5.98. The van der Waals surface area contributed by atoms with E-state index in [1.165, 1.54) is 36.0 Å². The van der Waals surface area contributed by atoms with Crippen LogP contribution in [0.3, 0.4) is 0 Å². The number of nitrogens with zero attached hydrogens (tertiary/aromatic N) is 2. The van der Waals surface area contributed by atoms with Crippen LogP contribution in [0.1, 0.15) is 18.4 Å². The van der Waals surface area contributed by atoms with Crippen molar-refractivity contribution in [1.29, 1.82) is 0 Å². The van der Waals surface area contributed by atoms with Crippen LogP contribution < -0.4 is 0 Å². The molecule has 0 spiro atoms. The summed E-state index contributed by atoms with van der Waals surface area (Å²) in [4.78, 5) is 4.92. The minimum Gasteiger partial charge on any atom is -0.305 e. The van der Waals surface area contributed by atoms with E-state index in [-0.39, 0.29) is 0 Å². The molecule has 3 heteroatoms. The molecule has 1 aromatic rings. The van der Waals surface area contributed by atoms with Crippen LogP contribution in [0.2, 0.25) is 0 Å². The number of likely N-dealkylation sites (N-methyl/N-ethyl adjacent to an activating group) is 1. The quantitative estimate of drug-likeness (QED) is 0.846.